The highest BCUT2D eigenvalue weighted by atomic mass is 32.2. The fraction of sp³-hybridized carbons (Fsp3) is 0.250. The second-order valence-electron chi connectivity index (χ2n) is 6.26. The van der Waals surface area contributed by atoms with E-state index in [-0.39, 0.29) is 16.2 Å². The Morgan fingerprint density at radius 1 is 1.11 bits per heavy atom. The van der Waals surface area contributed by atoms with Gasteiger partial charge < -0.3 is 4.98 Å². The Balaban J connectivity index is 0.000000218. The van der Waals surface area contributed by atoms with E-state index >= 15 is 0 Å². The first-order valence-corrected chi connectivity index (χ1v) is 10.4. The second kappa shape index (κ2) is 9.91. The molecule has 8 heteroatoms. The minimum Gasteiger partial charge on any atom is -0.313 e. The predicted molar refractivity (Wildman–Crippen MR) is 108 cm³/mol. The molecule has 0 aliphatic carbocycles. The molecule has 0 aliphatic heterocycles. The molecular formula is C20H23N3O4S. The smallest absolute Gasteiger partial charge is 0.258 e. The summed E-state index contributed by atoms with van der Waals surface area (Å²) < 4.78 is 22.0. The maximum atomic E-state index is 11.5. The fourth-order valence-electron chi connectivity index (χ4n) is 2.50. The molecule has 0 amide bonds. The summed E-state index contributed by atoms with van der Waals surface area (Å²) in [5.41, 5.74) is 1.46. The van der Waals surface area contributed by atoms with Gasteiger partial charge in [0.25, 0.3) is 5.56 Å². The molecule has 7 nitrogen and oxygen atoms in total. The molecule has 0 spiro atoms. The first-order chi connectivity index (χ1) is 13.3. The summed E-state index contributed by atoms with van der Waals surface area (Å²) in [6.45, 7) is 2.04. The average molecular weight is 401 g/mol. The Bertz CT molecular complexity index is 1080. The number of nitrogens with one attached hydrogen (secondary N) is 1. The van der Waals surface area contributed by atoms with Crippen molar-refractivity contribution in [3.8, 4) is 0 Å². The van der Waals surface area contributed by atoms with Gasteiger partial charge in [-0.1, -0.05) is 37.6 Å². The van der Waals surface area contributed by atoms with Crippen LogP contribution in [0.3, 0.4) is 0 Å². The monoisotopic (exact) mass is 401 g/mol. The van der Waals surface area contributed by atoms with Crippen LogP contribution in [-0.4, -0.2) is 24.2 Å². The largest absolute Gasteiger partial charge is 0.313 e. The molecule has 3 rings (SSSR count). The molecular weight excluding hydrogens is 378 g/mol. The molecule has 28 heavy (non-hydrogen) atoms. The van der Waals surface area contributed by atoms with E-state index in [0.717, 1.165) is 23.9 Å². The number of hydrogen-bond donors (Lipinski definition) is 2. The molecule has 148 valence electrons. The summed E-state index contributed by atoms with van der Waals surface area (Å²) in [5.74, 6) is 0.176. The van der Waals surface area contributed by atoms with Crippen LogP contribution >= 0.6 is 0 Å². The lowest BCUT2D eigenvalue weighted by Crippen LogP contribution is -2.12. The van der Waals surface area contributed by atoms with E-state index in [1.165, 1.54) is 18.5 Å². The number of aromatic amines is 1. The van der Waals surface area contributed by atoms with Gasteiger partial charge in [0, 0.05) is 12.8 Å². The lowest BCUT2D eigenvalue weighted by molar-refractivity contribution is -0.118. The van der Waals surface area contributed by atoms with Crippen LogP contribution in [0.2, 0.25) is 0 Å². The van der Waals surface area contributed by atoms with E-state index in [1.54, 1.807) is 18.2 Å². The number of benzene rings is 2. The Hall–Kier alpha value is -2.84. The number of unbranched alkanes of at least 4 members (excludes halogenated alkanes) is 1. The van der Waals surface area contributed by atoms with Gasteiger partial charge in [0.15, 0.2) is 0 Å². The molecule has 0 saturated heterocycles. The van der Waals surface area contributed by atoms with Gasteiger partial charge in [-0.25, -0.2) is 18.5 Å². The maximum Gasteiger partial charge on any atom is 0.258 e. The molecule has 0 aliphatic rings. The van der Waals surface area contributed by atoms with E-state index < -0.39 is 10.0 Å². The topological polar surface area (TPSA) is 123 Å². The van der Waals surface area contributed by atoms with Gasteiger partial charge in [0.05, 0.1) is 22.1 Å². The van der Waals surface area contributed by atoms with Gasteiger partial charge in [-0.3, -0.25) is 9.59 Å². The summed E-state index contributed by atoms with van der Waals surface area (Å²) in [6, 6.07) is 13.3. The van der Waals surface area contributed by atoms with E-state index in [4.69, 9.17) is 5.14 Å². The van der Waals surface area contributed by atoms with Crippen molar-refractivity contribution in [3.05, 3.63) is 70.8 Å². The minimum absolute atomic E-state index is 0.0715. The van der Waals surface area contributed by atoms with Crippen LogP contribution in [0.15, 0.2) is 64.5 Å². The zero-order valence-electron chi connectivity index (χ0n) is 15.6. The first-order valence-electron chi connectivity index (χ1n) is 8.87. The average Bonchev–Trinajstić information content (AvgIpc) is 2.67. The summed E-state index contributed by atoms with van der Waals surface area (Å²) in [7, 11) is -3.65. The summed E-state index contributed by atoms with van der Waals surface area (Å²) in [4.78, 5) is 29.2. The van der Waals surface area contributed by atoms with Crippen molar-refractivity contribution in [2.45, 2.75) is 37.5 Å². The Morgan fingerprint density at radius 2 is 1.79 bits per heavy atom. The third-order valence-corrected chi connectivity index (χ3v) is 4.94. The minimum atomic E-state index is -3.65. The highest BCUT2D eigenvalue weighted by Gasteiger charge is 2.08. The van der Waals surface area contributed by atoms with E-state index in [1.807, 2.05) is 25.1 Å². The Morgan fingerprint density at radius 3 is 2.39 bits per heavy atom. The molecule has 0 unspecified atom stereocenters. The third kappa shape index (κ3) is 6.40. The molecule has 1 aromatic heterocycles. The zero-order valence-corrected chi connectivity index (χ0v) is 16.4. The lowest BCUT2D eigenvalue weighted by Gasteiger charge is -2.02. The van der Waals surface area contributed by atoms with Crippen molar-refractivity contribution in [3.63, 3.8) is 0 Å². The molecule has 3 N–H and O–H groups in total. The predicted octanol–water partition coefficient (Wildman–Crippen LogP) is 2.56. The third-order valence-electron chi connectivity index (χ3n) is 4.01. The number of ketones is 1. The van der Waals surface area contributed by atoms with Gasteiger partial charge in [-0.15, -0.1) is 0 Å². The van der Waals surface area contributed by atoms with Crippen LogP contribution in [-0.2, 0) is 21.2 Å². The fourth-order valence-corrected chi connectivity index (χ4v) is 3.02. The first kappa shape index (κ1) is 21.5. The standard InChI is InChI=1S/C12H17NO3S.C8H6N2O/c1-2-3-4-11(14)9-10-5-7-12(8-6-10)17(13,15)16;11-8-6-3-1-2-4-7(6)9-5-10-8/h5-8H,2-4,9H2,1H3,(H2,13,15,16);1-5H,(H,9,10,11). The van der Waals surface area contributed by atoms with Crippen LogP contribution in [0.1, 0.15) is 31.7 Å². The number of rotatable bonds is 6. The number of fused-ring (bicyclic) bond motifs is 1. The number of para-hydroxylation sites is 1. The highest BCUT2D eigenvalue weighted by Crippen LogP contribution is 2.10. The van der Waals surface area contributed by atoms with E-state index in [0.29, 0.717) is 18.2 Å². The number of sulfonamides is 1. The lowest BCUT2D eigenvalue weighted by atomic mass is 10.1. The van der Waals surface area contributed by atoms with Crippen LogP contribution in [0.5, 0.6) is 0 Å². The quantitative estimate of drug-likeness (QED) is 0.657. The number of hydrogen-bond acceptors (Lipinski definition) is 5. The molecule has 0 bridgehead atoms. The molecule has 1 heterocycles. The summed E-state index contributed by atoms with van der Waals surface area (Å²) in [6.07, 6.45) is 4.23. The number of nitrogens with zero attached hydrogens (tertiary/aromatic N) is 1. The summed E-state index contributed by atoms with van der Waals surface area (Å²) in [5, 5.41) is 5.61. The SMILES string of the molecule is CCCCC(=O)Cc1ccc(S(N)(=O)=O)cc1.O=c1[nH]cnc2ccccc12. The molecule has 0 radical (unpaired) electrons. The number of carbonyl (C=O) groups excluding carboxylic acids is 1. The summed E-state index contributed by atoms with van der Waals surface area (Å²) >= 11 is 0. The van der Waals surface area contributed by atoms with Gasteiger partial charge in [-0.2, -0.15) is 0 Å². The van der Waals surface area contributed by atoms with E-state index in [9.17, 15) is 18.0 Å². The number of carbonyl (C=O) groups is 1. The van der Waals surface area contributed by atoms with Crippen molar-refractivity contribution >= 4 is 26.7 Å². The molecule has 3 aromatic rings. The maximum absolute atomic E-state index is 11.5. The van der Waals surface area contributed by atoms with Gasteiger partial charge in [0.1, 0.15) is 5.78 Å². The molecule has 2 aromatic carbocycles. The Labute approximate surface area is 163 Å². The van der Waals surface area contributed by atoms with Crippen molar-refractivity contribution < 1.29 is 13.2 Å². The van der Waals surface area contributed by atoms with Gasteiger partial charge >= 0.3 is 0 Å². The van der Waals surface area contributed by atoms with E-state index in [2.05, 4.69) is 9.97 Å². The van der Waals surface area contributed by atoms with Crippen LogP contribution in [0, 0.1) is 0 Å². The molecule has 0 atom stereocenters. The number of nitrogens with two attached hydrogens (primary N) is 1. The van der Waals surface area contributed by atoms with Crippen LogP contribution < -0.4 is 10.7 Å². The van der Waals surface area contributed by atoms with Crippen molar-refractivity contribution in [2.75, 3.05) is 0 Å². The Kier molecular flexibility index (Phi) is 7.60. The van der Waals surface area contributed by atoms with Crippen molar-refractivity contribution in [1.82, 2.24) is 9.97 Å². The van der Waals surface area contributed by atoms with Gasteiger partial charge in [-0.05, 0) is 36.2 Å². The highest BCUT2D eigenvalue weighted by molar-refractivity contribution is 7.89. The van der Waals surface area contributed by atoms with Crippen molar-refractivity contribution in [1.29, 1.82) is 0 Å². The van der Waals surface area contributed by atoms with Crippen molar-refractivity contribution in [2.24, 2.45) is 5.14 Å². The molecule has 0 saturated carbocycles. The molecule has 0 fully saturated rings. The zero-order chi connectivity index (χ0) is 20.6. The number of H-pyrrole nitrogens is 1. The normalized spacial score (nSPS) is 10.9. The second-order valence-corrected chi connectivity index (χ2v) is 7.82. The number of aromatic nitrogens is 2. The number of primary sulfonamides is 1. The van der Waals surface area contributed by atoms with Crippen LogP contribution in [0.25, 0.3) is 10.9 Å². The van der Waals surface area contributed by atoms with Crippen LogP contribution in [0.4, 0.5) is 0 Å². The van der Waals surface area contributed by atoms with Gasteiger partial charge in [0.2, 0.25) is 10.0 Å². The number of Topliss-reactive ketones (excluding diaryl/α,β-unsaturated/α-hetero) is 1.